The van der Waals surface area contributed by atoms with Gasteiger partial charge in [-0.05, 0) is 55.4 Å². The van der Waals surface area contributed by atoms with Gasteiger partial charge in [-0.25, -0.2) is 4.79 Å². The van der Waals surface area contributed by atoms with Crippen LogP contribution in [0.25, 0.3) is 0 Å². The van der Waals surface area contributed by atoms with E-state index in [0.29, 0.717) is 0 Å². The Morgan fingerprint density at radius 3 is 2.60 bits per heavy atom. The summed E-state index contributed by atoms with van der Waals surface area (Å²) in [4.78, 5) is 34.3. The number of hydrogen-bond donors (Lipinski definition) is 1. The molecule has 30 heavy (non-hydrogen) atoms. The topological polar surface area (TPSA) is 108 Å². The highest BCUT2D eigenvalue weighted by Gasteiger charge is 2.17. The molecular formula is C22H24N2O6. The maximum absolute atomic E-state index is 12.1. The van der Waals surface area contributed by atoms with Crippen LogP contribution in [-0.4, -0.2) is 30.0 Å². The van der Waals surface area contributed by atoms with Gasteiger partial charge in [0, 0.05) is 6.07 Å². The molecule has 1 atom stereocenters. The zero-order chi connectivity index (χ0) is 21.5. The van der Waals surface area contributed by atoms with E-state index in [1.807, 2.05) is 13.0 Å². The molecule has 0 radical (unpaired) electrons. The molecular weight excluding hydrogens is 388 g/mol. The minimum Gasteiger partial charge on any atom is -0.475 e. The van der Waals surface area contributed by atoms with Crippen LogP contribution in [0.15, 0.2) is 42.5 Å². The number of ether oxygens (including phenoxy) is 2. The first-order valence-electron chi connectivity index (χ1n) is 9.87. The van der Waals surface area contributed by atoms with E-state index in [2.05, 4.69) is 17.4 Å². The highest BCUT2D eigenvalue weighted by Crippen LogP contribution is 2.26. The van der Waals surface area contributed by atoms with E-state index in [-0.39, 0.29) is 17.5 Å². The molecule has 1 aliphatic rings. The number of carbonyl (C=O) groups is 2. The lowest BCUT2D eigenvalue weighted by atomic mass is 9.89. The number of hydrogen-bond acceptors (Lipinski definition) is 6. The van der Waals surface area contributed by atoms with Crippen LogP contribution in [0, 0.1) is 10.1 Å². The molecule has 0 heterocycles. The van der Waals surface area contributed by atoms with Crippen LogP contribution in [0.4, 0.5) is 5.69 Å². The summed E-state index contributed by atoms with van der Waals surface area (Å²) >= 11 is 0. The average molecular weight is 412 g/mol. The van der Waals surface area contributed by atoms with E-state index in [1.54, 1.807) is 6.07 Å². The molecule has 1 amide bonds. The van der Waals surface area contributed by atoms with Crippen molar-refractivity contribution in [2.24, 2.45) is 0 Å². The maximum Gasteiger partial charge on any atom is 0.344 e. The summed E-state index contributed by atoms with van der Waals surface area (Å²) < 4.78 is 10.1. The average Bonchev–Trinajstić information content (AvgIpc) is 2.76. The quantitative estimate of drug-likeness (QED) is 0.405. The lowest BCUT2D eigenvalue weighted by Crippen LogP contribution is -2.32. The standard InChI is InChI=1S/C22H24N2O6/c1-15(17-11-10-16-6-2-3-7-18(16)12-17)23-21(25)13-30-22(26)14-29-20-9-5-4-8-19(20)24(27)28/h4-5,8-12,15H,2-3,6-7,13-14H2,1H3,(H,23,25)/t15-/m0/s1. The second-order valence-electron chi connectivity index (χ2n) is 7.20. The monoisotopic (exact) mass is 412 g/mol. The molecule has 1 aliphatic carbocycles. The Hall–Kier alpha value is -3.42. The zero-order valence-corrected chi connectivity index (χ0v) is 16.8. The molecule has 0 unspecified atom stereocenters. The molecule has 0 spiro atoms. The van der Waals surface area contributed by atoms with Crippen LogP contribution in [0.5, 0.6) is 5.75 Å². The van der Waals surface area contributed by atoms with Gasteiger partial charge in [-0.1, -0.05) is 30.3 Å². The maximum atomic E-state index is 12.1. The van der Waals surface area contributed by atoms with Crippen molar-refractivity contribution in [1.29, 1.82) is 0 Å². The lowest BCUT2D eigenvalue weighted by molar-refractivity contribution is -0.385. The first-order valence-corrected chi connectivity index (χ1v) is 9.87. The predicted molar refractivity (Wildman–Crippen MR) is 109 cm³/mol. The van der Waals surface area contributed by atoms with Crippen molar-refractivity contribution >= 4 is 17.6 Å². The van der Waals surface area contributed by atoms with E-state index in [4.69, 9.17) is 9.47 Å². The smallest absolute Gasteiger partial charge is 0.344 e. The third kappa shape index (κ3) is 5.56. The molecule has 0 saturated heterocycles. The fourth-order valence-corrected chi connectivity index (χ4v) is 3.44. The largest absolute Gasteiger partial charge is 0.475 e. The van der Waals surface area contributed by atoms with Gasteiger partial charge >= 0.3 is 11.7 Å². The van der Waals surface area contributed by atoms with E-state index in [0.717, 1.165) is 18.4 Å². The number of carbonyl (C=O) groups excluding carboxylic acids is 2. The highest BCUT2D eigenvalue weighted by molar-refractivity contribution is 5.81. The molecule has 1 N–H and O–H groups in total. The van der Waals surface area contributed by atoms with Gasteiger partial charge < -0.3 is 14.8 Å². The van der Waals surface area contributed by atoms with Crippen molar-refractivity contribution in [3.05, 3.63) is 69.3 Å². The Balaban J connectivity index is 1.45. The van der Waals surface area contributed by atoms with E-state index in [1.165, 1.54) is 42.2 Å². The van der Waals surface area contributed by atoms with Crippen LogP contribution in [0.2, 0.25) is 0 Å². The van der Waals surface area contributed by atoms with Gasteiger partial charge in [0.15, 0.2) is 19.0 Å². The number of nitrogens with zero attached hydrogens (tertiary/aromatic N) is 1. The molecule has 2 aromatic rings. The second kappa shape index (κ2) is 9.87. The summed E-state index contributed by atoms with van der Waals surface area (Å²) in [6.45, 7) is 0.898. The van der Waals surface area contributed by atoms with Crippen LogP contribution in [-0.2, 0) is 27.2 Å². The summed E-state index contributed by atoms with van der Waals surface area (Å²) in [5.41, 5.74) is 3.46. The number of benzene rings is 2. The van der Waals surface area contributed by atoms with Crippen LogP contribution >= 0.6 is 0 Å². The van der Waals surface area contributed by atoms with E-state index in [9.17, 15) is 19.7 Å². The molecule has 0 aromatic heterocycles. The minimum atomic E-state index is -0.787. The third-order valence-corrected chi connectivity index (χ3v) is 5.02. The lowest BCUT2D eigenvalue weighted by Gasteiger charge is -2.20. The van der Waals surface area contributed by atoms with Crippen molar-refractivity contribution in [2.45, 2.75) is 38.6 Å². The summed E-state index contributed by atoms with van der Waals surface area (Å²) in [5.74, 6) is -1.26. The van der Waals surface area contributed by atoms with Crippen molar-refractivity contribution < 1.29 is 24.0 Å². The molecule has 0 saturated carbocycles. The molecule has 2 aromatic carbocycles. The number of nitrogens with one attached hydrogen (secondary N) is 1. The van der Waals surface area contributed by atoms with Gasteiger partial charge in [-0.2, -0.15) is 0 Å². The van der Waals surface area contributed by atoms with E-state index < -0.39 is 30.0 Å². The van der Waals surface area contributed by atoms with Crippen molar-refractivity contribution in [1.82, 2.24) is 5.32 Å². The number of nitro benzene ring substituents is 1. The molecule has 8 heteroatoms. The number of rotatable bonds is 8. The first-order chi connectivity index (χ1) is 14.4. The van der Waals surface area contributed by atoms with Crippen LogP contribution < -0.4 is 10.1 Å². The highest BCUT2D eigenvalue weighted by atomic mass is 16.6. The number of amides is 1. The normalized spacial score (nSPS) is 13.6. The summed E-state index contributed by atoms with van der Waals surface area (Å²) in [5, 5.41) is 13.7. The fraction of sp³-hybridized carbons (Fsp3) is 0.364. The molecule has 0 aliphatic heterocycles. The number of nitro groups is 1. The van der Waals surface area contributed by atoms with Crippen LogP contribution in [0.1, 0.15) is 42.5 Å². The Labute approximate surface area is 174 Å². The summed E-state index contributed by atoms with van der Waals surface area (Å²) in [7, 11) is 0. The molecule has 158 valence electrons. The number of aryl methyl sites for hydroxylation is 2. The minimum absolute atomic E-state index is 0.0371. The molecule has 8 nitrogen and oxygen atoms in total. The summed E-state index contributed by atoms with van der Waals surface area (Å²) in [6.07, 6.45) is 4.55. The molecule has 0 fully saturated rings. The first kappa shape index (κ1) is 21.3. The third-order valence-electron chi connectivity index (χ3n) is 5.02. The predicted octanol–water partition coefficient (Wildman–Crippen LogP) is 3.27. The second-order valence-corrected chi connectivity index (χ2v) is 7.20. The summed E-state index contributed by atoms with van der Waals surface area (Å²) in [6, 6.07) is 11.8. The molecule has 3 rings (SSSR count). The fourth-order valence-electron chi connectivity index (χ4n) is 3.44. The Morgan fingerprint density at radius 1 is 1.10 bits per heavy atom. The van der Waals surface area contributed by atoms with Gasteiger partial charge in [0.1, 0.15) is 0 Å². The number of esters is 1. The Kier molecular flexibility index (Phi) is 7.00. The van der Waals surface area contributed by atoms with Crippen molar-refractivity contribution in [3.8, 4) is 5.75 Å². The SMILES string of the molecule is C[C@H](NC(=O)COC(=O)COc1ccccc1[N+](=O)[O-])c1ccc2c(c1)CCCC2. The number of fused-ring (bicyclic) bond motifs is 1. The van der Waals surface area contributed by atoms with Gasteiger partial charge in [0.2, 0.25) is 0 Å². The zero-order valence-electron chi connectivity index (χ0n) is 16.8. The van der Waals surface area contributed by atoms with Crippen molar-refractivity contribution in [2.75, 3.05) is 13.2 Å². The Bertz CT molecular complexity index is 943. The van der Waals surface area contributed by atoms with Gasteiger partial charge in [-0.3, -0.25) is 14.9 Å². The van der Waals surface area contributed by atoms with Crippen LogP contribution in [0.3, 0.4) is 0 Å². The van der Waals surface area contributed by atoms with E-state index >= 15 is 0 Å². The molecule has 0 bridgehead atoms. The van der Waals surface area contributed by atoms with Gasteiger partial charge in [0.25, 0.3) is 5.91 Å². The number of para-hydroxylation sites is 2. The van der Waals surface area contributed by atoms with Gasteiger partial charge in [0.05, 0.1) is 11.0 Å². The Morgan fingerprint density at radius 2 is 1.83 bits per heavy atom. The van der Waals surface area contributed by atoms with Crippen molar-refractivity contribution in [3.63, 3.8) is 0 Å². The van der Waals surface area contributed by atoms with Gasteiger partial charge in [-0.15, -0.1) is 0 Å².